The molecule has 3 aromatic rings. The molecule has 0 aliphatic carbocycles. The third-order valence-electron chi connectivity index (χ3n) is 6.85. The van der Waals surface area contributed by atoms with E-state index in [9.17, 15) is 13.2 Å². The summed E-state index contributed by atoms with van der Waals surface area (Å²) in [6, 6.07) is 20.8. The van der Waals surface area contributed by atoms with Gasteiger partial charge in [-0.3, -0.25) is 8.98 Å². The summed E-state index contributed by atoms with van der Waals surface area (Å²) in [5.74, 6) is 0.650. The lowest BCUT2D eigenvalue weighted by Crippen LogP contribution is -2.44. The van der Waals surface area contributed by atoms with E-state index in [0.29, 0.717) is 28.8 Å². The zero-order chi connectivity index (χ0) is 27.5. The smallest absolute Gasteiger partial charge is 0.297 e. The molecule has 0 spiro atoms. The summed E-state index contributed by atoms with van der Waals surface area (Å²) in [5.41, 5.74) is 0.801. The Bertz CT molecular complexity index is 1400. The molecule has 0 radical (unpaired) electrons. The molecule has 0 aromatic heterocycles. The maximum atomic E-state index is 13.4. The predicted octanol–water partition coefficient (Wildman–Crippen LogP) is 6.29. The molecule has 3 aromatic carbocycles. The van der Waals surface area contributed by atoms with Gasteiger partial charge in [0.15, 0.2) is 0 Å². The van der Waals surface area contributed by atoms with Gasteiger partial charge in [0.1, 0.15) is 5.75 Å². The van der Waals surface area contributed by atoms with E-state index in [2.05, 4.69) is 0 Å². The van der Waals surface area contributed by atoms with Gasteiger partial charge < -0.3 is 9.64 Å². The molecular weight excluding hydrogens is 545 g/mol. The molecule has 1 heterocycles. The number of carbonyl (C=O) groups is 1. The lowest BCUT2D eigenvalue weighted by atomic mass is 9.75. The van der Waals surface area contributed by atoms with Crippen LogP contribution in [0.5, 0.6) is 5.75 Å². The molecule has 38 heavy (non-hydrogen) atoms. The number of amides is 1. The van der Waals surface area contributed by atoms with Crippen LogP contribution in [0, 0.1) is 0 Å². The normalized spacial score (nSPS) is 18.5. The quantitative estimate of drug-likeness (QED) is 0.280. The molecule has 1 saturated heterocycles. The van der Waals surface area contributed by atoms with Crippen molar-refractivity contribution in [3.8, 4) is 5.75 Å². The fourth-order valence-corrected chi connectivity index (χ4v) is 6.33. The maximum Gasteiger partial charge on any atom is 0.297 e. The molecule has 1 aliphatic heterocycles. The van der Waals surface area contributed by atoms with Crippen molar-refractivity contribution in [1.82, 2.24) is 4.90 Å². The summed E-state index contributed by atoms with van der Waals surface area (Å²) in [6.45, 7) is 6.35. The van der Waals surface area contributed by atoms with E-state index in [1.54, 1.807) is 42.2 Å². The van der Waals surface area contributed by atoms with E-state index in [1.165, 1.54) is 12.1 Å². The van der Waals surface area contributed by atoms with Crippen LogP contribution in [-0.2, 0) is 30.9 Å². The van der Waals surface area contributed by atoms with Gasteiger partial charge in [-0.2, -0.15) is 8.42 Å². The Morgan fingerprint density at radius 3 is 2.39 bits per heavy atom. The second-order valence-electron chi connectivity index (χ2n) is 9.85. The molecule has 1 aliphatic rings. The molecular formula is C29H31Cl2NO5S. The number of ether oxygens (including phenoxy) is 1. The van der Waals surface area contributed by atoms with E-state index in [0.717, 1.165) is 11.1 Å². The van der Waals surface area contributed by atoms with Gasteiger partial charge in [-0.1, -0.05) is 59.6 Å². The van der Waals surface area contributed by atoms with E-state index in [4.69, 9.17) is 32.1 Å². The Hall–Kier alpha value is -2.58. The van der Waals surface area contributed by atoms with Crippen LogP contribution in [0.2, 0.25) is 10.0 Å². The van der Waals surface area contributed by atoms with Crippen LogP contribution in [0.15, 0.2) is 77.7 Å². The summed E-state index contributed by atoms with van der Waals surface area (Å²) >= 11 is 12.5. The number of hydrogen-bond acceptors (Lipinski definition) is 5. The molecule has 0 N–H and O–H groups in total. The van der Waals surface area contributed by atoms with Crippen LogP contribution in [0.1, 0.15) is 38.3 Å². The third-order valence-corrected chi connectivity index (χ3v) is 8.99. The molecule has 2 atom stereocenters. The summed E-state index contributed by atoms with van der Waals surface area (Å²) < 4.78 is 37.7. The lowest BCUT2D eigenvalue weighted by Gasteiger charge is -2.35. The Morgan fingerprint density at radius 2 is 1.71 bits per heavy atom. The Balaban J connectivity index is 1.60. The number of hydrogen-bond donors (Lipinski definition) is 0. The van der Waals surface area contributed by atoms with Gasteiger partial charge in [-0.25, -0.2) is 0 Å². The van der Waals surface area contributed by atoms with Crippen LogP contribution in [0.25, 0.3) is 0 Å². The summed E-state index contributed by atoms with van der Waals surface area (Å²) in [6.07, 6.45) is -0.0614. The maximum absolute atomic E-state index is 13.4. The van der Waals surface area contributed by atoms with Crippen LogP contribution >= 0.6 is 23.2 Å². The van der Waals surface area contributed by atoms with Crippen molar-refractivity contribution in [2.45, 2.75) is 56.1 Å². The second-order valence-corrected chi connectivity index (χ2v) is 12.2. The van der Waals surface area contributed by atoms with E-state index in [1.807, 2.05) is 44.2 Å². The first kappa shape index (κ1) is 28.4. The monoisotopic (exact) mass is 575 g/mol. The SMILES string of the molecule is CC(C)Oc1cccc(CC(=O)N2CCC(c3ccc(Cl)c(Cl)c3)(C(C)OS(=O)(=O)c3ccccc3)C2)c1. The molecule has 4 rings (SSSR count). The van der Waals surface area contributed by atoms with Crippen LogP contribution in [0.3, 0.4) is 0 Å². The van der Waals surface area contributed by atoms with Crippen molar-refractivity contribution >= 4 is 39.2 Å². The summed E-state index contributed by atoms with van der Waals surface area (Å²) in [7, 11) is -4.04. The van der Waals surface area contributed by atoms with Crippen LogP contribution in [-0.4, -0.2) is 44.5 Å². The van der Waals surface area contributed by atoms with Crippen LogP contribution < -0.4 is 4.74 Å². The molecule has 0 bridgehead atoms. The number of nitrogens with zero attached hydrogens (tertiary/aromatic N) is 1. The van der Waals surface area contributed by atoms with Crippen molar-refractivity contribution in [2.24, 2.45) is 0 Å². The minimum atomic E-state index is -4.04. The van der Waals surface area contributed by atoms with E-state index >= 15 is 0 Å². The van der Waals surface area contributed by atoms with E-state index < -0.39 is 21.6 Å². The Morgan fingerprint density at radius 1 is 0.974 bits per heavy atom. The number of likely N-dealkylation sites (tertiary alicyclic amines) is 1. The van der Waals surface area contributed by atoms with Gasteiger partial charge in [0, 0.05) is 18.5 Å². The van der Waals surface area contributed by atoms with Gasteiger partial charge in [-0.05, 0) is 74.7 Å². The van der Waals surface area contributed by atoms with Gasteiger partial charge >= 0.3 is 0 Å². The van der Waals surface area contributed by atoms with Crippen LogP contribution in [0.4, 0.5) is 0 Å². The minimum absolute atomic E-state index is 0.0278. The highest BCUT2D eigenvalue weighted by Gasteiger charge is 2.47. The first-order valence-corrected chi connectivity index (χ1v) is 14.6. The Kier molecular flexibility index (Phi) is 8.72. The topological polar surface area (TPSA) is 72.9 Å². The highest BCUT2D eigenvalue weighted by molar-refractivity contribution is 7.86. The molecule has 1 fully saturated rings. The average Bonchev–Trinajstić information content (AvgIpc) is 3.33. The molecule has 1 amide bonds. The van der Waals surface area contributed by atoms with Crippen molar-refractivity contribution in [3.05, 3.63) is 94.0 Å². The second kappa shape index (κ2) is 11.7. The van der Waals surface area contributed by atoms with Gasteiger partial charge in [-0.15, -0.1) is 0 Å². The molecule has 0 saturated carbocycles. The molecule has 202 valence electrons. The molecule has 2 unspecified atom stereocenters. The minimum Gasteiger partial charge on any atom is -0.491 e. The predicted molar refractivity (Wildman–Crippen MR) is 149 cm³/mol. The highest BCUT2D eigenvalue weighted by Crippen LogP contribution is 2.42. The number of carbonyl (C=O) groups excluding carboxylic acids is 1. The average molecular weight is 577 g/mol. The summed E-state index contributed by atoms with van der Waals surface area (Å²) in [5, 5.41) is 0.749. The van der Waals surface area contributed by atoms with E-state index in [-0.39, 0.29) is 29.9 Å². The first-order valence-electron chi connectivity index (χ1n) is 12.5. The van der Waals surface area contributed by atoms with Crippen molar-refractivity contribution in [3.63, 3.8) is 0 Å². The van der Waals surface area contributed by atoms with Gasteiger partial charge in [0.2, 0.25) is 5.91 Å². The number of benzene rings is 3. The molecule has 6 nitrogen and oxygen atoms in total. The number of rotatable bonds is 9. The third kappa shape index (κ3) is 6.34. The zero-order valence-corrected chi connectivity index (χ0v) is 23.9. The van der Waals surface area contributed by atoms with Crippen molar-refractivity contribution in [1.29, 1.82) is 0 Å². The lowest BCUT2D eigenvalue weighted by molar-refractivity contribution is -0.129. The highest BCUT2D eigenvalue weighted by atomic mass is 35.5. The fraction of sp³-hybridized carbons (Fsp3) is 0.345. The fourth-order valence-electron chi connectivity index (χ4n) is 4.87. The zero-order valence-electron chi connectivity index (χ0n) is 21.6. The number of halogens is 2. The van der Waals surface area contributed by atoms with Crippen molar-refractivity contribution < 1.29 is 22.1 Å². The standard InChI is InChI=1S/C29H31Cl2NO5S/c1-20(2)36-24-9-7-8-22(16-24)17-28(33)32-15-14-29(19-32,23-12-13-26(30)27(31)18-23)21(3)37-38(34,35)25-10-5-4-6-11-25/h4-13,16,18,20-21H,14-15,17,19H2,1-3H3. The Labute approximate surface area is 234 Å². The molecule has 9 heteroatoms. The first-order chi connectivity index (χ1) is 18.0. The van der Waals surface area contributed by atoms with Gasteiger partial charge in [0.25, 0.3) is 10.1 Å². The van der Waals surface area contributed by atoms with Crippen molar-refractivity contribution in [2.75, 3.05) is 13.1 Å². The van der Waals surface area contributed by atoms with Gasteiger partial charge in [0.05, 0.1) is 33.6 Å². The summed E-state index contributed by atoms with van der Waals surface area (Å²) in [4.78, 5) is 15.2. The largest absolute Gasteiger partial charge is 0.491 e.